The maximum atomic E-state index is 12.4. The van der Waals surface area contributed by atoms with Gasteiger partial charge in [-0.15, -0.1) is 0 Å². The van der Waals surface area contributed by atoms with Gasteiger partial charge in [0, 0.05) is 26.2 Å². The minimum Gasteiger partial charge on any atom is -0.340 e. The molecule has 0 aromatic rings. The average Bonchev–Trinajstić information content (AvgIpc) is 2.91. The number of fused-ring (bicyclic) bond motifs is 2. The van der Waals surface area contributed by atoms with E-state index in [1.807, 2.05) is 4.90 Å². The van der Waals surface area contributed by atoms with Gasteiger partial charge in [-0.05, 0) is 57.0 Å². The lowest BCUT2D eigenvalue weighted by Gasteiger charge is -2.28. The minimum absolute atomic E-state index is 0.319. The van der Waals surface area contributed by atoms with Crippen LogP contribution in [-0.2, 0) is 4.79 Å². The Labute approximate surface area is 122 Å². The fourth-order valence-electron chi connectivity index (χ4n) is 4.49. The summed E-state index contributed by atoms with van der Waals surface area (Å²) in [7, 11) is 2.12. The SMILES string of the molecule is CN(CC(=O)N1CCCNCC1)CC1CC2CCC1C2. The quantitative estimate of drug-likeness (QED) is 0.839. The van der Waals surface area contributed by atoms with Crippen LogP contribution in [0.15, 0.2) is 0 Å². The van der Waals surface area contributed by atoms with Crippen molar-refractivity contribution in [1.82, 2.24) is 15.1 Å². The van der Waals surface area contributed by atoms with Crippen molar-refractivity contribution >= 4 is 5.91 Å². The first-order valence-electron chi connectivity index (χ1n) is 8.39. The van der Waals surface area contributed by atoms with Gasteiger partial charge in [0.2, 0.25) is 5.91 Å². The van der Waals surface area contributed by atoms with Crippen LogP contribution in [0.25, 0.3) is 0 Å². The molecule has 1 amide bonds. The summed E-state index contributed by atoms with van der Waals surface area (Å²) in [5, 5.41) is 3.35. The lowest BCUT2D eigenvalue weighted by molar-refractivity contribution is -0.132. The van der Waals surface area contributed by atoms with E-state index < -0.39 is 0 Å². The molecule has 0 radical (unpaired) electrons. The Hall–Kier alpha value is -0.610. The van der Waals surface area contributed by atoms with Gasteiger partial charge in [-0.1, -0.05) is 6.42 Å². The maximum Gasteiger partial charge on any atom is 0.236 e. The van der Waals surface area contributed by atoms with Crippen LogP contribution in [0.5, 0.6) is 0 Å². The molecule has 1 heterocycles. The summed E-state index contributed by atoms with van der Waals surface area (Å²) < 4.78 is 0. The molecule has 1 aliphatic heterocycles. The van der Waals surface area contributed by atoms with E-state index in [1.54, 1.807) is 0 Å². The van der Waals surface area contributed by atoms with E-state index in [2.05, 4.69) is 17.3 Å². The van der Waals surface area contributed by atoms with E-state index in [9.17, 15) is 4.79 Å². The van der Waals surface area contributed by atoms with Crippen LogP contribution in [0.1, 0.15) is 32.1 Å². The van der Waals surface area contributed by atoms with Crippen molar-refractivity contribution < 1.29 is 4.79 Å². The molecule has 0 aromatic carbocycles. The molecule has 3 rings (SSSR count). The smallest absolute Gasteiger partial charge is 0.236 e. The molecule has 20 heavy (non-hydrogen) atoms. The number of carbonyl (C=O) groups is 1. The summed E-state index contributed by atoms with van der Waals surface area (Å²) in [6, 6.07) is 0. The van der Waals surface area contributed by atoms with Crippen LogP contribution < -0.4 is 5.32 Å². The first kappa shape index (κ1) is 14.3. The summed E-state index contributed by atoms with van der Waals surface area (Å²) in [5.41, 5.74) is 0. The van der Waals surface area contributed by atoms with E-state index >= 15 is 0 Å². The first-order valence-corrected chi connectivity index (χ1v) is 8.39. The first-order chi connectivity index (χ1) is 9.72. The third-order valence-electron chi connectivity index (χ3n) is 5.53. The lowest BCUT2D eigenvalue weighted by atomic mass is 9.88. The van der Waals surface area contributed by atoms with Crippen molar-refractivity contribution in [2.45, 2.75) is 32.1 Å². The molecule has 1 N–H and O–H groups in total. The van der Waals surface area contributed by atoms with Gasteiger partial charge in [-0.2, -0.15) is 0 Å². The molecule has 4 nitrogen and oxygen atoms in total. The highest BCUT2D eigenvalue weighted by atomic mass is 16.2. The molecular formula is C16H29N3O. The van der Waals surface area contributed by atoms with Gasteiger partial charge in [-0.25, -0.2) is 0 Å². The fraction of sp³-hybridized carbons (Fsp3) is 0.938. The molecule has 0 aromatic heterocycles. The van der Waals surface area contributed by atoms with E-state index in [4.69, 9.17) is 0 Å². The number of likely N-dealkylation sites (N-methyl/N-ethyl adjacent to an activating group) is 1. The van der Waals surface area contributed by atoms with Gasteiger partial charge in [0.05, 0.1) is 6.54 Å². The van der Waals surface area contributed by atoms with Crippen molar-refractivity contribution in [2.75, 3.05) is 46.3 Å². The predicted molar refractivity (Wildman–Crippen MR) is 80.5 cm³/mol. The molecule has 1 saturated heterocycles. The number of nitrogens with one attached hydrogen (secondary N) is 1. The van der Waals surface area contributed by atoms with E-state index in [1.165, 1.54) is 25.7 Å². The third kappa shape index (κ3) is 3.34. The molecule has 2 bridgehead atoms. The van der Waals surface area contributed by atoms with Gasteiger partial charge in [0.1, 0.15) is 0 Å². The summed E-state index contributed by atoms with van der Waals surface area (Å²) >= 11 is 0. The van der Waals surface area contributed by atoms with E-state index in [0.29, 0.717) is 12.5 Å². The number of rotatable bonds is 4. The molecule has 3 fully saturated rings. The Balaban J connectivity index is 1.43. The summed E-state index contributed by atoms with van der Waals surface area (Å²) in [6.07, 6.45) is 6.86. The Bertz CT molecular complexity index is 339. The zero-order valence-electron chi connectivity index (χ0n) is 12.8. The van der Waals surface area contributed by atoms with Crippen LogP contribution in [-0.4, -0.2) is 62.0 Å². The second kappa shape index (κ2) is 6.44. The van der Waals surface area contributed by atoms with Crippen molar-refractivity contribution in [3.63, 3.8) is 0 Å². The van der Waals surface area contributed by atoms with Crippen LogP contribution in [0.2, 0.25) is 0 Å². The predicted octanol–water partition coefficient (Wildman–Crippen LogP) is 1.18. The number of amides is 1. The normalized spacial score (nSPS) is 33.7. The van der Waals surface area contributed by atoms with E-state index in [0.717, 1.165) is 56.9 Å². The highest BCUT2D eigenvalue weighted by Gasteiger charge is 2.39. The molecular weight excluding hydrogens is 250 g/mol. The monoisotopic (exact) mass is 279 g/mol. The van der Waals surface area contributed by atoms with Gasteiger partial charge in [-0.3, -0.25) is 9.69 Å². The van der Waals surface area contributed by atoms with Gasteiger partial charge < -0.3 is 10.2 Å². The maximum absolute atomic E-state index is 12.4. The lowest BCUT2D eigenvalue weighted by Crippen LogP contribution is -2.42. The van der Waals surface area contributed by atoms with Crippen LogP contribution >= 0.6 is 0 Å². The Morgan fingerprint density at radius 1 is 1.25 bits per heavy atom. The van der Waals surface area contributed by atoms with E-state index in [-0.39, 0.29) is 0 Å². The molecule has 3 unspecified atom stereocenters. The number of hydrogen-bond donors (Lipinski definition) is 1. The summed E-state index contributed by atoms with van der Waals surface area (Å²) in [4.78, 5) is 16.7. The third-order valence-corrected chi connectivity index (χ3v) is 5.53. The van der Waals surface area contributed by atoms with Gasteiger partial charge >= 0.3 is 0 Å². The second-order valence-electron chi connectivity index (χ2n) is 7.12. The van der Waals surface area contributed by atoms with Gasteiger partial charge in [0.25, 0.3) is 0 Å². The average molecular weight is 279 g/mol. The largest absolute Gasteiger partial charge is 0.340 e. The Morgan fingerprint density at radius 2 is 2.15 bits per heavy atom. The standard InChI is InChI=1S/C16H29N3O/c1-18(11-15-10-13-3-4-14(15)9-13)12-16(20)19-7-2-5-17-6-8-19/h13-15,17H,2-12H2,1H3. The van der Waals surface area contributed by atoms with Crippen molar-refractivity contribution in [3.05, 3.63) is 0 Å². The molecule has 3 atom stereocenters. The van der Waals surface area contributed by atoms with Crippen LogP contribution in [0, 0.1) is 17.8 Å². The molecule has 2 aliphatic carbocycles. The zero-order chi connectivity index (χ0) is 13.9. The molecule has 4 heteroatoms. The number of hydrogen-bond acceptors (Lipinski definition) is 3. The zero-order valence-corrected chi connectivity index (χ0v) is 12.8. The number of nitrogens with zero attached hydrogens (tertiary/aromatic N) is 2. The van der Waals surface area contributed by atoms with Crippen LogP contribution in [0.4, 0.5) is 0 Å². The van der Waals surface area contributed by atoms with Crippen molar-refractivity contribution in [3.8, 4) is 0 Å². The van der Waals surface area contributed by atoms with Crippen LogP contribution in [0.3, 0.4) is 0 Å². The summed E-state index contributed by atoms with van der Waals surface area (Å²) in [6.45, 7) is 5.52. The minimum atomic E-state index is 0.319. The molecule has 114 valence electrons. The Morgan fingerprint density at radius 3 is 2.90 bits per heavy atom. The highest BCUT2D eigenvalue weighted by molar-refractivity contribution is 5.78. The molecule has 3 aliphatic rings. The van der Waals surface area contributed by atoms with Gasteiger partial charge in [0.15, 0.2) is 0 Å². The highest BCUT2D eigenvalue weighted by Crippen LogP contribution is 2.48. The Kier molecular flexibility index (Phi) is 4.61. The molecule has 2 saturated carbocycles. The van der Waals surface area contributed by atoms with Crippen molar-refractivity contribution in [2.24, 2.45) is 17.8 Å². The topological polar surface area (TPSA) is 35.6 Å². The summed E-state index contributed by atoms with van der Waals surface area (Å²) in [5.74, 6) is 3.14. The fourth-order valence-corrected chi connectivity index (χ4v) is 4.49. The molecule has 0 spiro atoms. The second-order valence-corrected chi connectivity index (χ2v) is 7.12. The number of carbonyl (C=O) groups excluding carboxylic acids is 1. The van der Waals surface area contributed by atoms with Crippen molar-refractivity contribution in [1.29, 1.82) is 0 Å².